The smallest absolute Gasteiger partial charge is 0.226 e. The van der Waals surface area contributed by atoms with Gasteiger partial charge in [0.05, 0.1) is 29.8 Å². The van der Waals surface area contributed by atoms with E-state index in [9.17, 15) is 9.90 Å². The van der Waals surface area contributed by atoms with Crippen LogP contribution in [0.1, 0.15) is 36.2 Å². The number of nitrogens with zero attached hydrogens (tertiary/aromatic N) is 1. The van der Waals surface area contributed by atoms with Crippen LogP contribution in [-0.4, -0.2) is 22.6 Å². The minimum atomic E-state index is -0.367. The Kier molecular flexibility index (Phi) is 7.64. The normalized spacial score (nSPS) is 11.2. The van der Waals surface area contributed by atoms with E-state index < -0.39 is 0 Å². The predicted molar refractivity (Wildman–Crippen MR) is 86.3 cm³/mol. The summed E-state index contributed by atoms with van der Waals surface area (Å²) in [6.45, 7) is 5.79. The van der Waals surface area contributed by atoms with Gasteiger partial charge in [-0.1, -0.05) is 44.2 Å². The van der Waals surface area contributed by atoms with E-state index >= 15 is 0 Å². The maximum Gasteiger partial charge on any atom is 0.226 e. The van der Waals surface area contributed by atoms with Crippen molar-refractivity contribution < 1.29 is 9.90 Å². The first-order valence-corrected chi connectivity index (χ1v) is 7.93. The quantitative estimate of drug-likeness (QED) is 0.893. The van der Waals surface area contributed by atoms with Crippen LogP contribution in [0.25, 0.3) is 0 Å². The van der Waals surface area contributed by atoms with Crippen molar-refractivity contribution in [3.05, 3.63) is 52.0 Å². The average Bonchev–Trinajstić information content (AvgIpc) is 2.92. The number of hydrogen-bond donors (Lipinski definition) is 2. The summed E-state index contributed by atoms with van der Waals surface area (Å²) in [7, 11) is 0. The fourth-order valence-corrected chi connectivity index (χ4v) is 2.43. The van der Waals surface area contributed by atoms with Crippen LogP contribution in [0, 0.1) is 6.92 Å². The highest BCUT2D eigenvalue weighted by Gasteiger charge is 2.14. The molecule has 0 saturated carbocycles. The molecule has 2 aromatic rings. The standard InChI is InChI=1S/C14H16N2O2S.C2H6/c1-10-15-12(9-19-10)7-14(18)16-13(8-17)11-5-3-2-4-6-11;1-2/h2-6,9,13,17H,7-8H2,1H3,(H,16,18);1-2H3/t13-;/m0./s1. The topological polar surface area (TPSA) is 62.2 Å². The van der Waals surface area contributed by atoms with Crippen LogP contribution in [-0.2, 0) is 11.2 Å². The number of aliphatic hydroxyl groups excluding tert-OH is 1. The Labute approximate surface area is 129 Å². The number of carbonyl (C=O) groups excluding carboxylic acids is 1. The van der Waals surface area contributed by atoms with Gasteiger partial charge in [0.1, 0.15) is 0 Å². The second kappa shape index (κ2) is 9.26. The molecule has 0 aliphatic rings. The zero-order valence-corrected chi connectivity index (χ0v) is 13.5. The molecule has 21 heavy (non-hydrogen) atoms. The van der Waals surface area contributed by atoms with Crippen molar-refractivity contribution in [3.8, 4) is 0 Å². The Morgan fingerprint density at radius 2 is 2.00 bits per heavy atom. The molecule has 1 amide bonds. The molecule has 1 heterocycles. The molecule has 5 heteroatoms. The Morgan fingerprint density at radius 1 is 1.33 bits per heavy atom. The third kappa shape index (κ3) is 5.65. The van der Waals surface area contributed by atoms with Gasteiger partial charge in [0.25, 0.3) is 0 Å². The first kappa shape index (κ1) is 17.3. The molecule has 0 unspecified atom stereocenters. The minimum absolute atomic E-state index is 0.119. The summed E-state index contributed by atoms with van der Waals surface area (Å²) < 4.78 is 0. The number of nitrogens with one attached hydrogen (secondary N) is 1. The molecule has 0 spiro atoms. The van der Waals surface area contributed by atoms with E-state index in [1.165, 1.54) is 11.3 Å². The van der Waals surface area contributed by atoms with Gasteiger partial charge in [-0.05, 0) is 12.5 Å². The summed E-state index contributed by atoms with van der Waals surface area (Å²) in [4.78, 5) is 16.2. The van der Waals surface area contributed by atoms with E-state index in [0.717, 1.165) is 16.3 Å². The number of rotatable bonds is 5. The lowest BCUT2D eigenvalue weighted by Crippen LogP contribution is -2.32. The molecule has 2 N–H and O–H groups in total. The van der Waals surface area contributed by atoms with Crippen LogP contribution in [0.4, 0.5) is 0 Å². The van der Waals surface area contributed by atoms with Crippen LogP contribution in [0.3, 0.4) is 0 Å². The van der Waals surface area contributed by atoms with Crippen molar-refractivity contribution in [1.29, 1.82) is 0 Å². The summed E-state index contributed by atoms with van der Waals surface area (Å²) >= 11 is 1.53. The molecular formula is C16H22N2O2S. The highest BCUT2D eigenvalue weighted by molar-refractivity contribution is 7.09. The lowest BCUT2D eigenvalue weighted by atomic mass is 10.1. The summed E-state index contributed by atoms with van der Waals surface area (Å²) in [5.41, 5.74) is 1.66. The van der Waals surface area contributed by atoms with Crippen molar-refractivity contribution in [2.45, 2.75) is 33.2 Å². The van der Waals surface area contributed by atoms with E-state index in [-0.39, 0.29) is 25.0 Å². The number of carbonyl (C=O) groups is 1. The van der Waals surface area contributed by atoms with Crippen molar-refractivity contribution in [2.24, 2.45) is 0 Å². The van der Waals surface area contributed by atoms with Gasteiger partial charge >= 0.3 is 0 Å². The number of aliphatic hydroxyl groups is 1. The number of hydrogen-bond acceptors (Lipinski definition) is 4. The molecule has 0 bridgehead atoms. The fraction of sp³-hybridized carbons (Fsp3) is 0.375. The first-order valence-electron chi connectivity index (χ1n) is 7.05. The van der Waals surface area contributed by atoms with Crippen LogP contribution in [0.15, 0.2) is 35.7 Å². The average molecular weight is 306 g/mol. The number of thiazole rings is 1. The van der Waals surface area contributed by atoms with Crippen LogP contribution in [0.5, 0.6) is 0 Å². The second-order valence-corrected chi connectivity index (χ2v) is 5.31. The summed E-state index contributed by atoms with van der Waals surface area (Å²) in [6.07, 6.45) is 0.244. The van der Waals surface area contributed by atoms with Crippen molar-refractivity contribution in [3.63, 3.8) is 0 Å². The van der Waals surface area contributed by atoms with E-state index in [1.807, 2.05) is 56.5 Å². The summed E-state index contributed by atoms with van der Waals surface area (Å²) in [5.74, 6) is -0.131. The van der Waals surface area contributed by atoms with Crippen LogP contribution < -0.4 is 5.32 Å². The zero-order valence-electron chi connectivity index (χ0n) is 12.7. The molecule has 0 radical (unpaired) electrons. The fourth-order valence-electron chi connectivity index (χ4n) is 1.82. The van der Waals surface area contributed by atoms with Gasteiger partial charge in [0, 0.05) is 5.38 Å². The lowest BCUT2D eigenvalue weighted by molar-refractivity contribution is -0.121. The molecule has 1 aromatic heterocycles. The Morgan fingerprint density at radius 3 is 2.52 bits per heavy atom. The van der Waals surface area contributed by atoms with E-state index in [4.69, 9.17) is 0 Å². The van der Waals surface area contributed by atoms with Crippen molar-refractivity contribution >= 4 is 17.2 Å². The zero-order chi connectivity index (χ0) is 15.7. The summed E-state index contributed by atoms with van der Waals surface area (Å²) in [5, 5.41) is 15.0. The highest BCUT2D eigenvalue weighted by Crippen LogP contribution is 2.13. The lowest BCUT2D eigenvalue weighted by Gasteiger charge is -2.16. The van der Waals surface area contributed by atoms with Crippen molar-refractivity contribution in [2.75, 3.05) is 6.61 Å². The number of aryl methyl sites for hydroxylation is 1. The Bertz CT molecular complexity index is 540. The third-order valence-corrected chi connectivity index (χ3v) is 3.55. The first-order chi connectivity index (χ1) is 10.2. The van der Waals surface area contributed by atoms with Gasteiger partial charge < -0.3 is 10.4 Å². The maximum absolute atomic E-state index is 11.9. The molecule has 0 fully saturated rings. The maximum atomic E-state index is 11.9. The van der Waals surface area contributed by atoms with Gasteiger partial charge in [-0.2, -0.15) is 0 Å². The van der Waals surface area contributed by atoms with Gasteiger partial charge in [0.2, 0.25) is 5.91 Å². The number of amides is 1. The van der Waals surface area contributed by atoms with E-state index in [0.29, 0.717) is 0 Å². The molecule has 0 aliphatic carbocycles. The van der Waals surface area contributed by atoms with Gasteiger partial charge in [-0.15, -0.1) is 11.3 Å². The molecule has 0 saturated heterocycles. The van der Waals surface area contributed by atoms with Gasteiger partial charge in [-0.25, -0.2) is 4.98 Å². The minimum Gasteiger partial charge on any atom is -0.394 e. The second-order valence-electron chi connectivity index (χ2n) is 4.25. The van der Waals surface area contributed by atoms with E-state index in [1.54, 1.807) is 0 Å². The molecule has 1 atom stereocenters. The molecule has 2 rings (SSSR count). The highest BCUT2D eigenvalue weighted by atomic mass is 32.1. The third-order valence-electron chi connectivity index (χ3n) is 2.73. The SMILES string of the molecule is CC.Cc1nc(CC(=O)N[C@@H](CO)c2ccccc2)cs1. The van der Waals surface area contributed by atoms with Gasteiger partial charge in [-0.3, -0.25) is 4.79 Å². The molecule has 4 nitrogen and oxygen atoms in total. The molecule has 114 valence electrons. The monoisotopic (exact) mass is 306 g/mol. The molecule has 0 aliphatic heterocycles. The van der Waals surface area contributed by atoms with Crippen LogP contribution >= 0.6 is 11.3 Å². The Hall–Kier alpha value is -1.72. The number of aromatic nitrogens is 1. The molecular weight excluding hydrogens is 284 g/mol. The van der Waals surface area contributed by atoms with Crippen molar-refractivity contribution in [1.82, 2.24) is 10.3 Å². The Balaban J connectivity index is 0.00000106. The van der Waals surface area contributed by atoms with Gasteiger partial charge in [0.15, 0.2) is 0 Å². The van der Waals surface area contributed by atoms with Crippen LogP contribution in [0.2, 0.25) is 0 Å². The van der Waals surface area contributed by atoms with E-state index in [2.05, 4.69) is 10.3 Å². The molecule has 1 aromatic carbocycles. The largest absolute Gasteiger partial charge is 0.394 e. The summed E-state index contributed by atoms with van der Waals surface area (Å²) in [6, 6.07) is 9.07. The predicted octanol–water partition coefficient (Wildman–Crippen LogP) is 2.87. The number of benzene rings is 1.